The summed E-state index contributed by atoms with van der Waals surface area (Å²) in [5.74, 6) is 3.85. The van der Waals surface area contributed by atoms with Gasteiger partial charge in [-0.1, -0.05) is 24.1 Å². The van der Waals surface area contributed by atoms with Crippen LogP contribution in [0.2, 0.25) is 0 Å². The highest BCUT2D eigenvalue weighted by atomic mass is 32.2. The number of anilines is 1. The topological polar surface area (TPSA) is 12.0 Å². The second-order valence-corrected chi connectivity index (χ2v) is 3.58. The van der Waals surface area contributed by atoms with E-state index in [1.54, 1.807) is 0 Å². The minimum Gasteiger partial charge on any atom is -0.336 e. The molecule has 1 aromatic rings. The zero-order valence-corrected chi connectivity index (χ0v) is 6.82. The molecule has 0 saturated heterocycles. The second-order valence-electron chi connectivity index (χ2n) is 2.11. The van der Waals surface area contributed by atoms with E-state index in [4.69, 9.17) is 0 Å². The third kappa shape index (κ3) is 2.23. The molecule has 0 aliphatic rings. The molecule has 1 aromatic carbocycles. The average molecular weight is 153 g/mol. The molecule has 0 heterocycles. The smallest absolute Gasteiger partial charge is 0.0435 e. The Hall–Kier alpha value is -0.760. The number of rotatable bonds is 2. The van der Waals surface area contributed by atoms with Gasteiger partial charge in [0.1, 0.15) is 0 Å². The van der Waals surface area contributed by atoms with Crippen LogP contribution in [-0.2, 0) is 0 Å². The largest absolute Gasteiger partial charge is 0.336 e. The van der Waals surface area contributed by atoms with Crippen LogP contribution in [0.3, 0.4) is 0 Å². The van der Waals surface area contributed by atoms with Crippen LogP contribution < -0.4 is 4.72 Å². The molecule has 1 nitrogen and oxygen atoms in total. The van der Waals surface area contributed by atoms with Crippen molar-refractivity contribution in [2.24, 2.45) is 0 Å². The first kappa shape index (κ1) is 7.35. The summed E-state index contributed by atoms with van der Waals surface area (Å²) in [6.45, 7) is 0. The van der Waals surface area contributed by atoms with Crippen LogP contribution in [-0.4, -0.2) is 12.1 Å². The van der Waals surface area contributed by atoms with Crippen LogP contribution in [0.25, 0.3) is 0 Å². The van der Waals surface area contributed by atoms with E-state index in [-0.39, 0.29) is 10.7 Å². The van der Waals surface area contributed by atoms with Gasteiger partial charge < -0.3 is 4.72 Å². The lowest BCUT2D eigenvalue weighted by atomic mass is 10.3. The van der Waals surface area contributed by atoms with Gasteiger partial charge in [0.15, 0.2) is 0 Å². The predicted octanol–water partition coefficient (Wildman–Crippen LogP) is 2.34. The lowest BCUT2D eigenvalue weighted by molar-refractivity contribution is 1.68. The van der Waals surface area contributed by atoms with E-state index in [9.17, 15) is 0 Å². The molecule has 1 unspecified atom stereocenters. The van der Waals surface area contributed by atoms with Crippen molar-refractivity contribution in [2.75, 3.05) is 11.0 Å². The molecule has 1 rings (SSSR count). The minimum absolute atomic E-state index is 0.0335. The first-order chi connectivity index (χ1) is 4.79. The summed E-state index contributed by atoms with van der Waals surface area (Å²) in [4.78, 5) is 0. The number of hydrogen-bond donors (Lipinski definition) is 1. The minimum atomic E-state index is 0.0335. The van der Waals surface area contributed by atoms with Gasteiger partial charge in [-0.05, 0) is 18.4 Å². The molecule has 54 valence electrons. The fraction of sp³-hybridized carbons (Fsp3) is 0.125. The fourth-order valence-electron chi connectivity index (χ4n) is 0.707. The van der Waals surface area contributed by atoms with Crippen LogP contribution in [0.1, 0.15) is 0 Å². The van der Waals surface area contributed by atoms with Gasteiger partial charge in [-0.25, -0.2) is 0 Å². The molecule has 2 heteroatoms. The van der Waals surface area contributed by atoms with Gasteiger partial charge in [-0.15, -0.1) is 10.7 Å². The van der Waals surface area contributed by atoms with Crippen LogP contribution in [0.4, 0.5) is 5.69 Å². The second kappa shape index (κ2) is 3.42. The third-order valence-corrected chi connectivity index (χ3v) is 1.65. The Balaban J connectivity index is 2.67. The van der Waals surface area contributed by atoms with E-state index < -0.39 is 0 Å². The predicted molar refractivity (Wildman–Crippen MR) is 50.7 cm³/mol. The number of nitrogens with one attached hydrogen (secondary N) is 1. The molecule has 0 radical (unpaired) electrons. The summed E-state index contributed by atoms with van der Waals surface area (Å²) in [5, 5.41) is 0. The highest BCUT2D eigenvalue weighted by Gasteiger charge is 1.84. The maximum atomic E-state index is 3.85. The Morgan fingerprint density at radius 3 is 2.40 bits per heavy atom. The van der Waals surface area contributed by atoms with Crippen molar-refractivity contribution in [2.45, 2.75) is 0 Å². The Labute approximate surface area is 64.1 Å². The van der Waals surface area contributed by atoms with Gasteiger partial charge in [0.2, 0.25) is 0 Å². The van der Waals surface area contributed by atoms with Gasteiger partial charge in [0, 0.05) is 5.69 Å². The van der Waals surface area contributed by atoms with Crippen molar-refractivity contribution in [1.82, 2.24) is 0 Å². The van der Waals surface area contributed by atoms with Crippen LogP contribution in [0, 0.1) is 0 Å². The van der Waals surface area contributed by atoms with E-state index in [2.05, 4.69) is 10.6 Å². The highest BCUT2D eigenvalue weighted by Crippen LogP contribution is 2.11. The molecular formula is C8H11NS. The van der Waals surface area contributed by atoms with Gasteiger partial charge in [0.05, 0.1) is 0 Å². The van der Waals surface area contributed by atoms with Gasteiger partial charge in [0.25, 0.3) is 0 Å². The standard InChI is InChI=1S/C8H11NS/c1-10(2)9-8-6-4-3-5-7-8/h3-7,9H,1H2,2H3. The molecule has 1 N–H and O–H groups in total. The summed E-state index contributed by atoms with van der Waals surface area (Å²) in [5.41, 5.74) is 1.14. The summed E-state index contributed by atoms with van der Waals surface area (Å²) < 4.78 is 3.22. The molecular weight excluding hydrogens is 142 g/mol. The van der Waals surface area contributed by atoms with E-state index in [0.717, 1.165) is 5.69 Å². The molecule has 0 fully saturated rings. The lowest BCUT2D eigenvalue weighted by Gasteiger charge is -2.03. The summed E-state index contributed by atoms with van der Waals surface area (Å²) in [6.07, 6.45) is 2.05. The maximum absolute atomic E-state index is 3.85. The summed E-state index contributed by atoms with van der Waals surface area (Å²) >= 11 is 0. The quantitative estimate of drug-likeness (QED) is 0.643. The van der Waals surface area contributed by atoms with Crippen LogP contribution in [0.5, 0.6) is 0 Å². The molecule has 0 aliphatic carbocycles. The van der Waals surface area contributed by atoms with Crippen LogP contribution >= 0.6 is 10.7 Å². The van der Waals surface area contributed by atoms with Gasteiger partial charge in [-0.2, -0.15) is 0 Å². The van der Waals surface area contributed by atoms with Crippen molar-refractivity contribution in [3.05, 3.63) is 30.3 Å². The van der Waals surface area contributed by atoms with Crippen molar-refractivity contribution in [3.63, 3.8) is 0 Å². The van der Waals surface area contributed by atoms with Crippen LogP contribution in [0.15, 0.2) is 30.3 Å². The van der Waals surface area contributed by atoms with E-state index in [1.165, 1.54) is 0 Å². The third-order valence-electron chi connectivity index (χ3n) is 1.07. The molecule has 1 atom stereocenters. The number of hydrogen-bond acceptors (Lipinski definition) is 1. The molecule has 0 aromatic heterocycles. The van der Waals surface area contributed by atoms with Gasteiger partial charge >= 0.3 is 0 Å². The Morgan fingerprint density at radius 1 is 1.30 bits per heavy atom. The number of benzene rings is 1. The molecule has 0 saturated carbocycles. The Bertz CT molecular complexity index is 218. The van der Waals surface area contributed by atoms with Crippen molar-refractivity contribution >= 4 is 22.2 Å². The van der Waals surface area contributed by atoms with E-state index >= 15 is 0 Å². The van der Waals surface area contributed by atoms with Gasteiger partial charge in [-0.3, -0.25) is 0 Å². The monoisotopic (exact) mass is 153 g/mol. The highest BCUT2D eigenvalue weighted by molar-refractivity contribution is 8.14. The molecule has 0 amide bonds. The van der Waals surface area contributed by atoms with E-state index in [0.29, 0.717) is 0 Å². The van der Waals surface area contributed by atoms with Crippen molar-refractivity contribution in [3.8, 4) is 0 Å². The average Bonchev–Trinajstić information content (AvgIpc) is 1.88. The normalized spacial score (nSPS) is 12.5. The van der Waals surface area contributed by atoms with Crippen molar-refractivity contribution < 1.29 is 0 Å². The lowest BCUT2D eigenvalue weighted by Crippen LogP contribution is -1.85. The molecule has 10 heavy (non-hydrogen) atoms. The maximum Gasteiger partial charge on any atom is 0.0435 e. The molecule has 0 spiro atoms. The molecule has 0 bridgehead atoms. The van der Waals surface area contributed by atoms with E-state index in [1.807, 2.05) is 36.6 Å². The zero-order valence-electron chi connectivity index (χ0n) is 6.00. The fourth-order valence-corrected chi connectivity index (χ4v) is 1.25. The zero-order chi connectivity index (χ0) is 7.40. The Kier molecular flexibility index (Phi) is 2.51. The first-order valence-electron chi connectivity index (χ1n) is 3.06. The Morgan fingerprint density at radius 2 is 1.90 bits per heavy atom. The van der Waals surface area contributed by atoms with Crippen molar-refractivity contribution in [1.29, 1.82) is 0 Å². The SMILES string of the molecule is C=S(C)Nc1ccccc1. The summed E-state index contributed by atoms with van der Waals surface area (Å²) in [7, 11) is 0.0335. The first-order valence-corrected chi connectivity index (χ1v) is 4.86. The summed E-state index contributed by atoms with van der Waals surface area (Å²) in [6, 6.07) is 10.1. The number of para-hydroxylation sites is 1. The molecule has 0 aliphatic heterocycles.